The van der Waals surface area contributed by atoms with Crippen LogP contribution in [-0.2, 0) is 0 Å². The van der Waals surface area contributed by atoms with E-state index >= 15 is 0 Å². The summed E-state index contributed by atoms with van der Waals surface area (Å²) >= 11 is 0. The molecule has 0 N–H and O–H groups in total. The van der Waals surface area contributed by atoms with Gasteiger partial charge in [-0.25, -0.2) is 4.39 Å². The molecule has 108 valence electrons. The summed E-state index contributed by atoms with van der Waals surface area (Å²) in [5, 5.41) is 0. The molecule has 0 aromatic heterocycles. The number of halogens is 1. The molecular formula is C17H17FN2O. The highest BCUT2D eigenvalue weighted by Gasteiger charge is 2.19. The Hall–Kier alpha value is -2.36. The van der Waals surface area contributed by atoms with Crippen LogP contribution in [0.15, 0.2) is 48.5 Å². The SMILES string of the molecule is O=Cc1ccc(N2CCN(c3ccccc3)CC2)c(F)c1. The monoisotopic (exact) mass is 284 g/mol. The summed E-state index contributed by atoms with van der Waals surface area (Å²) in [6, 6.07) is 14.9. The summed E-state index contributed by atoms with van der Waals surface area (Å²) in [6.45, 7) is 3.26. The standard InChI is InChI=1S/C17H17FN2O/c18-16-12-14(13-21)6-7-17(16)20-10-8-19(9-11-20)15-4-2-1-3-5-15/h1-7,12-13H,8-11H2. The number of benzene rings is 2. The predicted octanol–water partition coefficient (Wildman–Crippen LogP) is 2.96. The van der Waals surface area contributed by atoms with Crippen LogP contribution in [0.1, 0.15) is 10.4 Å². The minimum atomic E-state index is -0.326. The van der Waals surface area contributed by atoms with Crippen molar-refractivity contribution >= 4 is 17.7 Å². The number of carbonyl (C=O) groups is 1. The van der Waals surface area contributed by atoms with Crippen molar-refractivity contribution in [3.8, 4) is 0 Å². The van der Waals surface area contributed by atoms with Crippen LogP contribution in [0.4, 0.5) is 15.8 Å². The molecule has 4 heteroatoms. The van der Waals surface area contributed by atoms with E-state index in [0.29, 0.717) is 17.5 Å². The lowest BCUT2D eigenvalue weighted by molar-refractivity contribution is 0.112. The quantitative estimate of drug-likeness (QED) is 0.810. The third-order valence-corrected chi connectivity index (χ3v) is 3.85. The lowest BCUT2D eigenvalue weighted by atomic mass is 10.1. The van der Waals surface area contributed by atoms with Crippen molar-refractivity contribution < 1.29 is 9.18 Å². The molecule has 0 atom stereocenters. The Morgan fingerprint density at radius 3 is 2.19 bits per heavy atom. The normalized spacial score (nSPS) is 15.1. The van der Waals surface area contributed by atoms with Crippen LogP contribution in [0.2, 0.25) is 0 Å². The first kappa shape index (κ1) is 13.6. The second-order valence-electron chi connectivity index (χ2n) is 5.14. The van der Waals surface area contributed by atoms with E-state index in [1.54, 1.807) is 12.1 Å². The van der Waals surface area contributed by atoms with Crippen molar-refractivity contribution in [2.45, 2.75) is 0 Å². The van der Waals surface area contributed by atoms with Crippen LogP contribution in [-0.4, -0.2) is 32.5 Å². The smallest absolute Gasteiger partial charge is 0.150 e. The number of hydrogen-bond donors (Lipinski definition) is 0. The fourth-order valence-electron chi connectivity index (χ4n) is 2.70. The highest BCUT2D eigenvalue weighted by molar-refractivity contribution is 5.76. The van der Waals surface area contributed by atoms with Gasteiger partial charge in [-0.2, -0.15) is 0 Å². The summed E-state index contributed by atoms with van der Waals surface area (Å²) in [6.07, 6.45) is 0.667. The van der Waals surface area contributed by atoms with Crippen molar-refractivity contribution in [3.05, 3.63) is 59.9 Å². The van der Waals surface area contributed by atoms with Gasteiger partial charge >= 0.3 is 0 Å². The molecule has 0 unspecified atom stereocenters. The van der Waals surface area contributed by atoms with Crippen LogP contribution in [0, 0.1) is 5.82 Å². The first-order chi connectivity index (χ1) is 10.3. The van der Waals surface area contributed by atoms with Gasteiger partial charge in [0, 0.05) is 37.4 Å². The van der Waals surface area contributed by atoms with Crippen LogP contribution in [0.25, 0.3) is 0 Å². The summed E-state index contributed by atoms with van der Waals surface area (Å²) in [5.41, 5.74) is 2.15. The first-order valence-electron chi connectivity index (χ1n) is 7.07. The van der Waals surface area contributed by atoms with E-state index in [0.717, 1.165) is 26.2 Å². The number of nitrogens with zero attached hydrogens (tertiary/aromatic N) is 2. The van der Waals surface area contributed by atoms with E-state index in [4.69, 9.17) is 0 Å². The van der Waals surface area contributed by atoms with Gasteiger partial charge in [0.1, 0.15) is 12.1 Å². The molecule has 0 aliphatic carbocycles. The summed E-state index contributed by atoms with van der Waals surface area (Å²) in [4.78, 5) is 15.0. The molecule has 0 radical (unpaired) electrons. The maximum atomic E-state index is 14.0. The van der Waals surface area contributed by atoms with Gasteiger partial charge in [-0.15, -0.1) is 0 Å². The van der Waals surface area contributed by atoms with Crippen LogP contribution < -0.4 is 9.80 Å². The minimum Gasteiger partial charge on any atom is -0.368 e. The van der Waals surface area contributed by atoms with Gasteiger partial charge in [-0.05, 0) is 30.3 Å². The van der Waals surface area contributed by atoms with Gasteiger partial charge in [0.15, 0.2) is 0 Å². The van der Waals surface area contributed by atoms with Crippen molar-refractivity contribution in [2.75, 3.05) is 36.0 Å². The molecule has 2 aromatic rings. The lowest BCUT2D eigenvalue weighted by Crippen LogP contribution is -2.46. The van der Waals surface area contributed by atoms with E-state index in [-0.39, 0.29) is 5.82 Å². The number of para-hydroxylation sites is 1. The molecule has 0 amide bonds. The number of aldehydes is 1. The van der Waals surface area contributed by atoms with Crippen molar-refractivity contribution in [1.29, 1.82) is 0 Å². The predicted molar refractivity (Wildman–Crippen MR) is 82.7 cm³/mol. The van der Waals surface area contributed by atoms with Gasteiger partial charge in [0.05, 0.1) is 5.69 Å². The Bertz CT molecular complexity index is 622. The lowest BCUT2D eigenvalue weighted by Gasteiger charge is -2.37. The van der Waals surface area contributed by atoms with E-state index in [9.17, 15) is 9.18 Å². The number of hydrogen-bond acceptors (Lipinski definition) is 3. The van der Waals surface area contributed by atoms with E-state index in [2.05, 4.69) is 17.0 Å². The Balaban J connectivity index is 1.70. The molecule has 3 rings (SSSR count). The number of rotatable bonds is 3. The van der Waals surface area contributed by atoms with Gasteiger partial charge in [-0.1, -0.05) is 18.2 Å². The molecule has 1 aliphatic heterocycles. The van der Waals surface area contributed by atoms with Gasteiger partial charge in [0.25, 0.3) is 0 Å². The molecule has 3 nitrogen and oxygen atoms in total. The first-order valence-corrected chi connectivity index (χ1v) is 7.07. The second kappa shape index (κ2) is 5.95. The van der Waals surface area contributed by atoms with Crippen LogP contribution in [0.3, 0.4) is 0 Å². The number of anilines is 2. The molecule has 0 bridgehead atoms. The van der Waals surface area contributed by atoms with Gasteiger partial charge in [0.2, 0.25) is 0 Å². The zero-order chi connectivity index (χ0) is 14.7. The van der Waals surface area contributed by atoms with Crippen molar-refractivity contribution in [3.63, 3.8) is 0 Å². The summed E-state index contributed by atoms with van der Waals surface area (Å²) in [5.74, 6) is -0.326. The van der Waals surface area contributed by atoms with Crippen molar-refractivity contribution in [2.24, 2.45) is 0 Å². The molecular weight excluding hydrogens is 267 g/mol. The van der Waals surface area contributed by atoms with E-state index in [1.165, 1.54) is 11.8 Å². The molecule has 2 aromatic carbocycles. The molecule has 1 saturated heterocycles. The maximum absolute atomic E-state index is 14.0. The average molecular weight is 284 g/mol. The summed E-state index contributed by atoms with van der Waals surface area (Å²) < 4.78 is 14.0. The highest BCUT2D eigenvalue weighted by atomic mass is 19.1. The summed E-state index contributed by atoms with van der Waals surface area (Å²) in [7, 11) is 0. The van der Waals surface area contributed by atoms with Crippen LogP contribution in [0.5, 0.6) is 0 Å². The van der Waals surface area contributed by atoms with E-state index in [1.807, 2.05) is 23.1 Å². The Morgan fingerprint density at radius 1 is 0.905 bits per heavy atom. The largest absolute Gasteiger partial charge is 0.368 e. The third kappa shape index (κ3) is 2.89. The Morgan fingerprint density at radius 2 is 1.57 bits per heavy atom. The minimum absolute atomic E-state index is 0.326. The number of piperazine rings is 1. The third-order valence-electron chi connectivity index (χ3n) is 3.85. The zero-order valence-electron chi connectivity index (χ0n) is 11.7. The van der Waals surface area contributed by atoms with Gasteiger partial charge in [-0.3, -0.25) is 4.79 Å². The average Bonchev–Trinajstić information content (AvgIpc) is 2.56. The molecule has 21 heavy (non-hydrogen) atoms. The fraction of sp³-hybridized carbons (Fsp3) is 0.235. The Kier molecular flexibility index (Phi) is 3.86. The molecule has 1 heterocycles. The van der Waals surface area contributed by atoms with Gasteiger partial charge < -0.3 is 9.80 Å². The molecule has 0 saturated carbocycles. The topological polar surface area (TPSA) is 23.6 Å². The zero-order valence-corrected chi connectivity index (χ0v) is 11.7. The van der Waals surface area contributed by atoms with Crippen LogP contribution >= 0.6 is 0 Å². The molecule has 1 fully saturated rings. The maximum Gasteiger partial charge on any atom is 0.150 e. The highest BCUT2D eigenvalue weighted by Crippen LogP contribution is 2.23. The fourth-order valence-corrected chi connectivity index (χ4v) is 2.70. The second-order valence-corrected chi connectivity index (χ2v) is 5.14. The Labute approximate surface area is 123 Å². The molecule has 1 aliphatic rings. The van der Waals surface area contributed by atoms with Crippen molar-refractivity contribution in [1.82, 2.24) is 0 Å². The number of carbonyl (C=O) groups excluding carboxylic acids is 1. The van der Waals surface area contributed by atoms with E-state index < -0.39 is 0 Å². The molecule has 0 spiro atoms.